The van der Waals surface area contributed by atoms with E-state index in [1.807, 2.05) is 24.9 Å². The number of carbonyl (C=O) groups excluding carboxylic acids is 1. The first kappa shape index (κ1) is 18.6. The Morgan fingerprint density at radius 2 is 2.15 bits per heavy atom. The highest BCUT2D eigenvalue weighted by Gasteiger charge is 2.29. The fraction of sp³-hybridized carbons (Fsp3) is 0.500. The van der Waals surface area contributed by atoms with Gasteiger partial charge in [0.05, 0.1) is 5.69 Å². The van der Waals surface area contributed by atoms with Crippen LogP contribution < -0.4 is 0 Å². The van der Waals surface area contributed by atoms with Crippen LogP contribution in [0.1, 0.15) is 56.1 Å². The maximum Gasteiger partial charge on any atom is 0.225 e. The highest BCUT2D eigenvalue weighted by atomic mass is 16.2. The molecule has 1 amide bonds. The quantitative estimate of drug-likeness (QED) is 0.814. The third-order valence-electron chi connectivity index (χ3n) is 5.42. The minimum atomic E-state index is 0.0946. The molecular weight excluding hydrogens is 322 g/mol. The summed E-state index contributed by atoms with van der Waals surface area (Å²) in [5.41, 5.74) is 4.57. The summed E-state index contributed by atoms with van der Waals surface area (Å²) in [5, 5.41) is 0. The summed E-state index contributed by atoms with van der Waals surface area (Å²) in [5.74, 6) is 1.44. The van der Waals surface area contributed by atoms with Crippen molar-refractivity contribution < 1.29 is 4.79 Å². The van der Waals surface area contributed by atoms with Gasteiger partial charge < -0.3 is 4.90 Å². The molecule has 1 aliphatic heterocycles. The molecule has 0 unspecified atom stereocenters. The van der Waals surface area contributed by atoms with Crippen molar-refractivity contribution in [2.45, 2.75) is 52.9 Å². The molecule has 0 aliphatic carbocycles. The van der Waals surface area contributed by atoms with E-state index in [-0.39, 0.29) is 17.7 Å². The van der Waals surface area contributed by atoms with Crippen molar-refractivity contribution in [3.63, 3.8) is 0 Å². The summed E-state index contributed by atoms with van der Waals surface area (Å²) in [6, 6.07) is 8.48. The van der Waals surface area contributed by atoms with Crippen molar-refractivity contribution >= 4 is 5.91 Å². The number of likely N-dealkylation sites (tertiary alicyclic amines) is 1. The summed E-state index contributed by atoms with van der Waals surface area (Å²) < 4.78 is 0. The predicted molar refractivity (Wildman–Crippen MR) is 105 cm³/mol. The first-order chi connectivity index (χ1) is 12.5. The van der Waals surface area contributed by atoms with E-state index in [1.165, 1.54) is 5.56 Å². The van der Waals surface area contributed by atoms with Crippen molar-refractivity contribution in [2.24, 2.45) is 5.92 Å². The number of aryl methyl sites for hydroxylation is 2. The lowest BCUT2D eigenvalue weighted by Crippen LogP contribution is -2.42. The Morgan fingerprint density at radius 1 is 1.35 bits per heavy atom. The molecule has 0 N–H and O–H groups in total. The van der Waals surface area contributed by atoms with Gasteiger partial charge in [0, 0.05) is 36.7 Å². The molecule has 0 spiro atoms. The Balaban J connectivity index is 1.93. The molecule has 2 atom stereocenters. The molecule has 0 radical (unpaired) electrons. The topological polar surface area (TPSA) is 46.1 Å². The van der Waals surface area contributed by atoms with Crippen molar-refractivity contribution in [3.8, 4) is 11.1 Å². The Morgan fingerprint density at radius 3 is 2.88 bits per heavy atom. The Kier molecular flexibility index (Phi) is 5.70. The van der Waals surface area contributed by atoms with Crippen molar-refractivity contribution in [2.75, 3.05) is 13.1 Å². The molecule has 1 aromatic heterocycles. The molecule has 26 heavy (non-hydrogen) atoms. The highest BCUT2D eigenvalue weighted by Crippen LogP contribution is 2.33. The van der Waals surface area contributed by atoms with E-state index in [0.717, 1.165) is 55.0 Å². The lowest BCUT2D eigenvalue weighted by Gasteiger charge is -2.34. The molecule has 1 saturated heterocycles. The van der Waals surface area contributed by atoms with E-state index in [9.17, 15) is 4.79 Å². The van der Waals surface area contributed by atoms with E-state index in [1.54, 1.807) is 0 Å². The standard InChI is InChI=1S/C22H29N3O/c1-5-16(3)22(26)25-11-7-10-19(14-25)21-20(13-23-17(4)24-21)18-9-6-8-15(2)12-18/h6,8-9,12-13,16,19H,5,7,10-11,14H2,1-4H3/t16-,19+/m0/s1. The van der Waals surface area contributed by atoms with Crippen LogP contribution in [0.2, 0.25) is 0 Å². The van der Waals surface area contributed by atoms with Crippen molar-refractivity contribution in [3.05, 3.63) is 47.5 Å². The van der Waals surface area contributed by atoms with Crippen LogP contribution in [-0.4, -0.2) is 33.9 Å². The molecule has 138 valence electrons. The molecule has 0 bridgehead atoms. The fourth-order valence-electron chi connectivity index (χ4n) is 3.72. The second kappa shape index (κ2) is 7.98. The third kappa shape index (κ3) is 3.95. The van der Waals surface area contributed by atoms with E-state index in [0.29, 0.717) is 0 Å². The summed E-state index contributed by atoms with van der Waals surface area (Å²) in [6.45, 7) is 9.77. The van der Waals surface area contributed by atoms with Crippen LogP contribution in [0.3, 0.4) is 0 Å². The molecule has 1 aliphatic rings. The summed E-state index contributed by atoms with van der Waals surface area (Å²) in [6.07, 6.45) is 4.94. The first-order valence-corrected chi connectivity index (χ1v) is 9.69. The zero-order valence-electron chi connectivity index (χ0n) is 16.3. The lowest BCUT2D eigenvalue weighted by atomic mass is 9.89. The normalized spacial score (nSPS) is 18.6. The van der Waals surface area contributed by atoms with Gasteiger partial charge in [-0.15, -0.1) is 0 Å². The van der Waals surface area contributed by atoms with Gasteiger partial charge in [0.25, 0.3) is 0 Å². The number of rotatable bonds is 4. The van der Waals surface area contributed by atoms with Crippen LogP contribution in [-0.2, 0) is 4.79 Å². The molecule has 3 rings (SSSR count). The van der Waals surface area contributed by atoms with Gasteiger partial charge in [0.1, 0.15) is 5.82 Å². The smallest absolute Gasteiger partial charge is 0.225 e. The Hall–Kier alpha value is -2.23. The van der Waals surface area contributed by atoms with E-state index in [4.69, 9.17) is 4.98 Å². The first-order valence-electron chi connectivity index (χ1n) is 9.69. The number of nitrogens with zero attached hydrogens (tertiary/aromatic N) is 3. The van der Waals surface area contributed by atoms with Gasteiger partial charge in [-0.1, -0.05) is 43.7 Å². The van der Waals surface area contributed by atoms with E-state index < -0.39 is 0 Å². The van der Waals surface area contributed by atoms with Crippen LogP contribution in [0.25, 0.3) is 11.1 Å². The minimum Gasteiger partial charge on any atom is -0.342 e. The van der Waals surface area contributed by atoms with Crippen molar-refractivity contribution in [1.29, 1.82) is 0 Å². The fourth-order valence-corrected chi connectivity index (χ4v) is 3.72. The minimum absolute atomic E-state index is 0.0946. The van der Waals surface area contributed by atoms with Crippen LogP contribution in [0.4, 0.5) is 0 Å². The van der Waals surface area contributed by atoms with Crippen LogP contribution >= 0.6 is 0 Å². The average molecular weight is 351 g/mol. The zero-order valence-corrected chi connectivity index (χ0v) is 16.3. The largest absolute Gasteiger partial charge is 0.342 e. The molecule has 1 fully saturated rings. The number of piperidine rings is 1. The Bertz CT molecular complexity index is 787. The number of hydrogen-bond acceptors (Lipinski definition) is 3. The number of benzene rings is 1. The van der Waals surface area contributed by atoms with Crippen LogP contribution in [0.15, 0.2) is 30.5 Å². The third-order valence-corrected chi connectivity index (χ3v) is 5.42. The SMILES string of the molecule is CC[C@H](C)C(=O)N1CCC[C@@H](c2nc(C)ncc2-c2cccc(C)c2)C1. The highest BCUT2D eigenvalue weighted by molar-refractivity contribution is 5.78. The van der Waals surface area contributed by atoms with Crippen LogP contribution in [0.5, 0.6) is 0 Å². The maximum absolute atomic E-state index is 12.7. The molecule has 2 heterocycles. The van der Waals surface area contributed by atoms with E-state index >= 15 is 0 Å². The van der Waals surface area contributed by atoms with Gasteiger partial charge in [-0.25, -0.2) is 9.97 Å². The van der Waals surface area contributed by atoms with E-state index in [2.05, 4.69) is 43.1 Å². The van der Waals surface area contributed by atoms with Gasteiger partial charge in [-0.3, -0.25) is 4.79 Å². The lowest BCUT2D eigenvalue weighted by molar-refractivity contribution is -0.136. The summed E-state index contributed by atoms with van der Waals surface area (Å²) in [4.78, 5) is 24.0. The predicted octanol–water partition coefficient (Wildman–Crippen LogP) is 4.51. The van der Waals surface area contributed by atoms with Gasteiger partial charge in [-0.2, -0.15) is 0 Å². The van der Waals surface area contributed by atoms with Gasteiger partial charge in [0.15, 0.2) is 0 Å². The number of aromatic nitrogens is 2. The van der Waals surface area contributed by atoms with Gasteiger partial charge >= 0.3 is 0 Å². The molecule has 4 heteroatoms. The molecule has 1 aromatic carbocycles. The average Bonchev–Trinajstić information content (AvgIpc) is 2.66. The van der Waals surface area contributed by atoms with Crippen molar-refractivity contribution in [1.82, 2.24) is 14.9 Å². The maximum atomic E-state index is 12.7. The second-order valence-corrected chi connectivity index (χ2v) is 7.52. The van der Waals surface area contributed by atoms with Crippen LogP contribution in [0, 0.1) is 19.8 Å². The molecule has 2 aromatic rings. The monoisotopic (exact) mass is 351 g/mol. The van der Waals surface area contributed by atoms with Gasteiger partial charge in [0.2, 0.25) is 5.91 Å². The number of carbonyl (C=O) groups is 1. The number of amides is 1. The summed E-state index contributed by atoms with van der Waals surface area (Å²) >= 11 is 0. The molecular formula is C22H29N3O. The number of hydrogen-bond donors (Lipinski definition) is 0. The Labute approximate surface area is 156 Å². The second-order valence-electron chi connectivity index (χ2n) is 7.52. The molecule has 0 saturated carbocycles. The zero-order chi connectivity index (χ0) is 18.7. The molecule has 4 nitrogen and oxygen atoms in total. The summed E-state index contributed by atoms with van der Waals surface area (Å²) in [7, 11) is 0. The van der Waals surface area contributed by atoms with Gasteiger partial charge in [-0.05, 0) is 38.7 Å².